The molecule has 108 valence electrons. The normalized spacial score (nSPS) is 22.6. The number of nitrogens with zero attached hydrogens (tertiary/aromatic N) is 3. The van der Waals surface area contributed by atoms with Gasteiger partial charge in [-0.3, -0.25) is 0 Å². The van der Waals surface area contributed by atoms with Gasteiger partial charge in [-0.2, -0.15) is 0 Å². The van der Waals surface area contributed by atoms with Crippen LogP contribution in [0.2, 0.25) is 0 Å². The fraction of sp³-hybridized carbons (Fsp3) is 0.625. The number of anilines is 1. The lowest BCUT2D eigenvalue weighted by molar-refractivity contribution is 0.354. The Labute approximate surface area is 121 Å². The van der Waals surface area contributed by atoms with E-state index in [0.717, 1.165) is 12.4 Å². The zero-order valence-electron chi connectivity index (χ0n) is 12.6. The van der Waals surface area contributed by atoms with Crippen LogP contribution in [0, 0.1) is 17.8 Å². The summed E-state index contributed by atoms with van der Waals surface area (Å²) in [4.78, 5) is 10.9. The number of ether oxygens (including phenoxy) is 1. The highest BCUT2D eigenvalue weighted by Crippen LogP contribution is 2.26. The number of hydrogen-bond donors (Lipinski definition) is 0. The van der Waals surface area contributed by atoms with Gasteiger partial charge in [-0.1, -0.05) is 19.3 Å². The summed E-state index contributed by atoms with van der Waals surface area (Å²) in [6, 6.07) is 2.43. The number of hydrogen-bond acceptors (Lipinski definition) is 4. The van der Waals surface area contributed by atoms with Crippen LogP contribution in [0.4, 0.5) is 5.82 Å². The lowest BCUT2D eigenvalue weighted by atomic mass is 10.1. The van der Waals surface area contributed by atoms with Gasteiger partial charge in [0.1, 0.15) is 12.1 Å². The van der Waals surface area contributed by atoms with Gasteiger partial charge in [-0.05, 0) is 32.6 Å². The SMILES string of the molecule is CC#CCOc1cc(N2C[C@@H](C)CCC[C@@H]2C)ncn1. The van der Waals surface area contributed by atoms with Crippen molar-refractivity contribution in [2.24, 2.45) is 5.92 Å². The Bertz CT molecular complexity index is 492. The molecule has 4 nitrogen and oxygen atoms in total. The molecule has 0 bridgehead atoms. The molecule has 2 heterocycles. The van der Waals surface area contributed by atoms with E-state index in [0.29, 0.717) is 24.4 Å². The Hall–Kier alpha value is -1.76. The second kappa shape index (κ2) is 7.14. The third-order valence-electron chi connectivity index (χ3n) is 3.75. The van der Waals surface area contributed by atoms with Crippen molar-refractivity contribution in [2.75, 3.05) is 18.1 Å². The van der Waals surface area contributed by atoms with Gasteiger partial charge >= 0.3 is 0 Å². The van der Waals surface area contributed by atoms with E-state index < -0.39 is 0 Å². The molecule has 1 aromatic heterocycles. The van der Waals surface area contributed by atoms with Crippen molar-refractivity contribution in [2.45, 2.75) is 46.1 Å². The Morgan fingerprint density at radius 1 is 1.35 bits per heavy atom. The van der Waals surface area contributed by atoms with Gasteiger partial charge in [-0.15, -0.1) is 5.92 Å². The predicted molar refractivity (Wildman–Crippen MR) is 80.8 cm³/mol. The summed E-state index contributed by atoms with van der Waals surface area (Å²) in [6.45, 7) is 7.80. The van der Waals surface area contributed by atoms with E-state index in [1.807, 2.05) is 6.07 Å². The Morgan fingerprint density at radius 3 is 3.00 bits per heavy atom. The topological polar surface area (TPSA) is 38.2 Å². The van der Waals surface area contributed by atoms with E-state index in [1.54, 1.807) is 13.3 Å². The molecule has 1 aliphatic rings. The van der Waals surface area contributed by atoms with Crippen LogP contribution in [-0.2, 0) is 0 Å². The van der Waals surface area contributed by atoms with Crippen LogP contribution in [0.25, 0.3) is 0 Å². The third-order valence-corrected chi connectivity index (χ3v) is 3.75. The van der Waals surface area contributed by atoms with Crippen molar-refractivity contribution >= 4 is 5.82 Å². The first-order valence-corrected chi connectivity index (χ1v) is 7.31. The van der Waals surface area contributed by atoms with Crippen LogP contribution >= 0.6 is 0 Å². The molecule has 4 heteroatoms. The molecule has 0 aliphatic carbocycles. The van der Waals surface area contributed by atoms with Gasteiger partial charge in [0.2, 0.25) is 5.88 Å². The minimum absolute atomic E-state index is 0.374. The summed E-state index contributed by atoms with van der Waals surface area (Å²) < 4.78 is 5.52. The lowest BCUT2D eigenvalue weighted by Crippen LogP contribution is -2.35. The summed E-state index contributed by atoms with van der Waals surface area (Å²) >= 11 is 0. The number of rotatable bonds is 3. The third kappa shape index (κ3) is 3.86. The monoisotopic (exact) mass is 273 g/mol. The van der Waals surface area contributed by atoms with Crippen molar-refractivity contribution in [1.29, 1.82) is 0 Å². The molecule has 0 radical (unpaired) electrons. The summed E-state index contributed by atoms with van der Waals surface area (Å²) in [5, 5.41) is 0. The Morgan fingerprint density at radius 2 is 2.20 bits per heavy atom. The fourth-order valence-electron chi connectivity index (χ4n) is 2.59. The van der Waals surface area contributed by atoms with Crippen molar-refractivity contribution in [1.82, 2.24) is 9.97 Å². The molecule has 0 N–H and O–H groups in total. The maximum absolute atomic E-state index is 5.52. The van der Waals surface area contributed by atoms with E-state index in [9.17, 15) is 0 Å². The van der Waals surface area contributed by atoms with E-state index in [2.05, 4.69) is 40.6 Å². The quantitative estimate of drug-likeness (QED) is 0.794. The molecule has 1 fully saturated rings. The summed E-state index contributed by atoms with van der Waals surface area (Å²) in [7, 11) is 0. The maximum atomic E-state index is 5.52. The van der Waals surface area contributed by atoms with Crippen molar-refractivity contribution in [3.63, 3.8) is 0 Å². The Balaban J connectivity index is 2.12. The molecular formula is C16H23N3O. The molecule has 1 aliphatic heterocycles. The Kier molecular flexibility index (Phi) is 5.23. The molecule has 0 aromatic carbocycles. The number of aromatic nitrogens is 2. The minimum atomic E-state index is 0.374. The fourth-order valence-corrected chi connectivity index (χ4v) is 2.59. The van der Waals surface area contributed by atoms with Gasteiger partial charge < -0.3 is 9.64 Å². The van der Waals surface area contributed by atoms with Gasteiger partial charge in [0, 0.05) is 18.7 Å². The molecule has 20 heavy (non-hydrogen) atoms. The summed E-state index contributed by atoms with van der Waals surface area (Å²) in [6.07, 6.45) is 5.37. The molecule has 0 spiro atoms. The zero-order valence-corrected chi connectivity index (χ0v) is 12.6. The van der Waals surface area contributed by atoms with Crippen LogP contribution in [0.1, 0.15) is 40.0 Å². The van der Waals surface area contributed by atoms with Crippen molar-refractivity contribution in [3.8, 4) is 17.7 Å². The second-order valence-electron chi connectivity index (χ2n) is 5.47. The van der Waals surface area contributed by atoms with Crippen molar-refractivity contribution < 1.29 is 4.74 Å². The summed E-state index contributed by atoms with van der Waals surface area (Å²) in [5.74, 6) is 7.94. The average Bonchev–Trinajstić information content (AvgIpc) is 2.61. The zero-order chi connectivity index (χ0) is 14.4. The smallest absolute Gasteiger partial charge is 0.219 e. The molecular weight excluding hydrogens is 250 g/mol. The highest BCUT2D eigenvalue weighted by atomic mass is 16.5. The van der Waals surface area contributed by atoms with Gasteiger partial charge in [-0.25, -0.2) is 9.97 Å². The first-order chi connectivity index (χ1) is 9.70. The van der Waals surface area contributed by atoms with E-state index >= 15 is 0 Å². The molecule has 2 rings (SSSR count). The second-order valence-corrected chi connectivity index (χ2v) is 5.47. The van der Waals surface area contributed by atoms with E-state index in [4.69, 9.17) is 4.74 Å². The average molecular weight is 273 g/mol. The minimum Gasteiger partial charge on any atom is -0.464 e. The van der Waals surface area contributed by atoms with Gasteiger partial charge in [0.25, 0.3) is 0 Å². The first kappa shape index (κ1) is 14.6. The maximum Gasteiger partial charge on any atom is 0.219 e. The van der Waals surface area contributed by atoms with Crippen LogP contribution in [0.3, 0.4) is 0 Å². The van der Waals surface area contributed by atoms with Crippen LogP contribution in [0.5, 0.6) is 5.88 Å². The molecule has 0 unspecified atom stereocenters. The first-order valence-electron chi connectivity index (χ1n) is 7.31. The molecule has 2 atom stereocenters. The highest BCUT2D eigenvalue weighted by Gasteiger charge is 2.22. The van der Waals surface area contributed by atoms with E-state index in [-0.39, 0.29) is 0 Å². The molecule has 1 aromatic rings. The van der Waals surface area contributed by atoms with Gasteiger partial charge in [0.15, 0.2) is 6.61 Å². The van der Waals surface area contributed by atoms with Crippen LogP contribution < -0.4 is 9.64 Å². The van der Waals surface area contributed by atoms with Crippen LogP contribution in [0.15, 0.2) is 12.4 Å². The predicted octanol–water partition coefficient (Wildman–Crippen LogP) is 2.89. The van der Waals surface area contributed by atoms with E-state index in [1.165, 1.54) is 19.3 Å². The van der Waals surface area contributed by atoms with Gasteiger partial charge in [0.05, 0.1) is 0 Å². The lowest BCUT2D eigenvalue weighted by Gasteiger charge is -2.29. The molecule has 1 saturated heterocycles. The van der Waals surface area contributed by atoms with Crippen molar-refractivity contribution in [3.05, 3.63) is 12.4 Å². The molecule has 0 amide bonds. The van der Waals surface area contributed by atoms with Crippen LogP contribution in [-0.4, -0.2) is 29.2 Å². The largest absolute Gasteiger partial charge is 0.464 e. The summed E-state index contributed by atoms with van der Waals surface area (Å²) in [5.41, 5.74) is 0. The standard InChI is InChI=1S/C16H23N3O/c1-4-5-9-20-16-10-15(17-12-18-16)19-11-13(2)7-6-8-14(19)3/h10,12-14H,6-9,11H2,1-3H3/t13-,14-/m0/s1. The highest BCUT2D eigenvalue weighted by molar-refractivity contribution is 5.42. The molecule has 0 saturated carbocycles.